The highest BCUT2D eigenvalue weighted by Crippen LogP contribution is 2.10. The maximum atomic E-state index is 12.6. The third-order valence-corrected chi connectivity index (χ3v) is 4.09. The second kappa shape index (κ2) is 9.72. The number of alkyl carbamates (subject to hydrolysis) is 1. The molecule has 3 amide bonds. The molecular weight excluding hydrogens is 368 g/mol. The molecule has 28 heavy (non-hydrogen) atoms. The van der Waals surface area contributed by atoms with Crippen molar-refractivity contribution >= 4 is 23.9 Å². The average molecular weight is 399 g/mol. The van der Waals surface area contributed by atoms with Gasteiger partial charge < -0.3 is 25.3 Å². The maximum Gasteiger partial charge on any atom is 0.408 e. The number of carboxylic acids is 1. The number of aliphatic carboxylic acids is 1. The largest absolute Gasteiger partial charge is 0.548 e. The minimum atomic E-state index is -1.28. The average Bonchev–Trinajstić information content (AvgIpc) is 2.57. The van der Waals surface area contributed by atoms with E-state index in [9.17, 15) is 24.3 Å². The van der Waals surface area contributed by atoms with E-state index in [1.54, 1.807) is 34.6 Å². The van der Waals surface area contributed by atoms with Crippen LogP contribution in [-0.4, -0.2) is 59.2 Å². The van der Waals surface area contributed by atoms with E-state index in [-0.39, 0.29) is 5.92 Å². The first-order valence-electron chi connectivity index (χ1n) is 9.40. The highest BCUT2D eigenvalue weighted by atomic mass is 16.6. The van der Waals surface area contributed by atoms with Crippen LogP contribution < -0.4 is 21.2 Å². The molecule has 0 aromatic heterocycles. The van der Waals surface area contributed by atoms with Crippen molar-refractivity contribution < 1.29 is 29.0 Å². The standard InChI is InChI=1S/C18H32N4O6/c1-10(2)13(20-17(27)28-18(4,5)6)14(23)19-11(3)15(24)22-9-7-8-12(21-22)16(25)26/h10-13,21H,7-9H2,1-6H3,(H,19,23)(H,20,27)(H,25,26)/p-1. The molecule has 1 aliphatic rings. The molecule has 3 N–H and O–H groups in total. The van der Waals surface area contributed by atoms with Gasteiger partial charge in [-0.15, -0.1) is 0 Å². The summed E-state index contributed by atoms with van der Waals surface area (Å²) >= 11 is 0. The van der Waals surface area contributed by atoms with Gasteiger partial charge in [0, 0.05) is 6.54 Å². The van der Waals surface area contributed by atoms with Crippen molar-refractivity contribution in [2.24, 2.45) is 5.92 Å². The number of nitrogens with zero attached hydrogens (tertiary/aromatic N) is 1. The lowest BCUT2D eigenvalue weighted by molar-refractivity contribution is -0.310. The fourth-order valence-corrected chi connectivity index (χ4v) is 2.68. The first-order valence-corrected chi connectivity index (χ1v) is 9.40. The summed E-state index contributed by atoms with van der Waals surface area (Å²) in [7, 11) is 0. The molecule has 0 aromatic carbocycles. The second-order valence-electron chi connectivity index (χ2n) is 8.23. The van der Waals surface area contributed by atoms with Crippen LogP contribution in [0.5, 0.6) is 0 Å². The van der Waals surface area contributed by atoms with Crippen LogP contribution in [0.2, 0.25) is 0 Å². The van der Waals surface area contributed by atoms with Gasteiger partial charge in [0.2, 0.25) is 5.91 Å². The molecule has 0 spiro atoms. The minimum Gasteiger partial charge on any atom is -0.548 e. The predicted octanol–water partition coefficient (Wildman–Crippen LogP) is -0.714. The van der Waals surface area contributed by atoms with E-state index < -0.39 is 47.6 Å². The molecular formula is C18H31N4O6-. The Morgan fingerprint density at radius 2 is 1.75 bits per heavy atom. The summed E-state index contributed by atoms with van der Waals surface area (Å²) in [5.41, 5.74) is 1.89. The molecule has 160 valence electrons. The Balaban J connectivity index is 2.69. The number of carbonyl (C=O) groups is 4. The second-order valence-corrected chi connectivity index (χ2v) is 8.23. The Morgan fingerprint density at radius 1 is 1.14 bits per heavy atom. The molecule has 3 atom stereocenters. The quantitative estimate of drug-likeness (QED) is 0.536. The third kappa shape index (κ3) is 7.34. The van der Waals surface area contributed by atoms with E-state index in [0.29, 0.717) is 19.4 Å². The van der Waals surface area contributed by atoms with Gasteiger partial charge in [-0.25, -0.2) is 10.2 Å². The molecule has 0 saturated carbocycles. The van der Waals surface area contributed by atoms with Crippen molar-refractivity contribution in [2.45, 2.75) is 78.1 Å². The van der Waals surface area contributed by atoms with Crippen molar-refractivity contribution in [1.29, 1.82) is 0 Å². The summed E-state index contributed by atoms with van der Waals surface area (Å²) in [6.07, 6.45) is 0.143. The lowest BCUT2D eigenvalue weighted by atomic mass is 10.0. The summed E-state index contributed by atoms with van der Waals surface area (Å²) in [4.78, 5) is 48.1. The summed E-state index contributed by atoms with van der Waals surface area (Å²) in [5, 5.41) is 17.3. The van der Waals surface area contributed by atoms with Crippen LogP contribution >= 0.6 is 0 Å². The van der Waals surface area contributed by atoms with E-state index in [1.807, 2.05) is 0 Å². The van der Waals surface area contributed by atoms with E-state index >= 15 is 0 Å². The summed E-state index contributed by atoms with van der Waals surface area (Å²) in [5.74, 6) is -2.53. The van der Waals surface area contributed by atoms with Gasteiger partial charge in [0.1, 0.15) is 17.7 Å². The highest BCUT2D eigenvalue weighted by Gasteiger charge is 2.31. The molecule has 0 aromatic rings. The Bertz CT molecular complexity index is 601. The van der Waals surface area contributed by atoms with Gasteiger partial charge in [0.25, 0.3) is 5.91 Å². The van der Waals surface area contributed by atoms with E-state index in [4.69, 9.17) is 4.74 Å². The number of nitrogens with one attached hydrogen (secondary N) is 3. The predicted molar refractivity (Wildman–Crippen MR) is 98.5 cm³/mol. The number of hydrazine groups is 1. The first-order chi connectivity index (χ1) is 12.8. The fraction of sp³-hybridized carbons (Fsp3) is 0.778. The lowest BCUT2D eigenvalue weighted by Gasteiger charge is -2.36. The smallest absolute Gasteiger partial charge is 0.408 e. The molecule has 0 radical (unpaired) electrons. The van der Waals surface area contributed by atoms with Crippen LogP contribution in [0.4, 0.5) is 4.79 Å². The number of carbonyl (C=O) groups excluding carboxylic acids is 4. The number of ether oxygens (including phenoxy) is 1. The van der Waals surface area contributed by atoms with Gasteiger partial charge in [0.05, 0.1) is 12.0 Å². The monoisotopic (exact) mass is 399 g/mol. The van der Waals surface area contributed by atoms with Crippen LogP contribution in [0, 0.1) is 5.92 Å². The van der Waals surface area contributed by atoms with Crippen molar-refractivity contribution in [3.8, 4) is 0 Å². The number of rotatable bonds is 6. The van der Waals surface area contributed by atoms with Crippen molar-refractivity contribution in [3.05, 3.63) is 0 Å². The van der Waals surface area contributed by atoms with Gasteiger partial charge in [-0.2, -0.15) is 0 Å². The van der Waals surface area contributed by atoms with Gasteiger partial charge in [-0.1, -0.05) is 13.8 Å². The van der Waals surface area contributed by atoms with E-state index in [0.717, 1.165) is 0 Å². The molecule has 1 saturated heterocycles. The minimum absolute atomic E-state index is 0.245. The van der Waals surface area contributed by atoms with Gasteiger partial charge in [-0.3, -0.25) is 14.6 Å². The molecule has 0 aliphatic carbocycles. The molecule has 0 bridgehead atoms. The van der Waals surface area contributed by atoms with E-state index in [1.165, 1.54) is 11.9 Å². The summed E-state index contributed by atoms with van der Waals surface area (Å²) < 4.78 is 5.17. The van der Waals surface area contributed by atoms with E-state index in [2.05, 4.69) is 16.1 Å². The molecule has 1 rings (SSSR count). The van der Waals surface area contributed by atoms with Crippen molar-refractivity contribution in [1.82, 2.24) is 21.1 Å². The molecule has 10 heteroatoms. The van der Waals surface area contributed by atoms with Gasteiger partial charge in [-0.05, 0) is 46.5 Å². The van der Waals surface area contributed by atoms with Crippen LogP contribution in [0.25, 0.3) is 0 Å². The zero-order chi connectivity index (χ0) is 21.6. The molecule has 1 fully saturated rings. The van der Waals surface area contributed by atoms with Crippen LogP contribution in [0.1, 0.15) is 54.4 Å². The summed E-state index contributed by atoms with van der Waals surface area (Å²) in [6.45, 7) is 10.5. The van der Waals surface area contributed by atoms with Gasteiger partial charge >= 0.3 is 6.09 Å². The molecule has 10 nitrogen and oxygen atoms in total. The SMILES string of the molecule is CC(NC(=O)C(NC(=O)OC(C)(C)C)C(C)C)C(=O)N1CCCC(C(=O)[O-])N1. The molecule has 3 unspecified atom stereocenters. The number of amides is 3. The van der Waals surface area contributed by atoms with Crippen LogP contribution in [-0.2, 0) is 19.1 Å². The Kier molecular flexibility index (Phi) is 8.22. The highest BCUT2D eigenvalue weighted by molar-refractivity contribution is 5.91. The van der Waals surface area contributed by atoms with Crippen LogP contribution in [0.3, 0.4) is 0 Å². The lowest BCUT2D eigenvalue weighted by Crippen LogP contribution is -2.62. The normalized spacial score (nSPS) is 19.5. The Labute approximate surface area is 165 Å². The molecule has 1 aliphatic heterocycles. The third-order valence-electron chi connectivity index (χ3n) is 4.09. The summed E-state index contributed by atoms with van der Waals surface area (Å²) in [6, 6.07) is -2.75. The topological polar surface area (TPSA) is 140 Å². The zero-order valence-corrected chi connectivity index (χ0v) is 17.3. The number of hydrogen-bond donors (Lipinski definition) is 3. The van der Waals surface area contributed by atoms with Crippen molar-refractivity contribution in [2.75, 3.05) is 6.54 Å². The maximum absolute atomic E-state index is 12.6. The molecule has 1 heterocycles. The first kappa shape index (κ1) is 23.7. The zero-order valence-electron chi connectivity index (χ0n) is 17.3. The fourth-order valence-electron chi connectivity index (χ4n) is 2.68. The number of carboxylic acid groups (broad SMARTS) is 1. The van der Waals surface area contributed by atoms with Crippen molar-refractivity contribution in [3.63, 3.8) is 0 Å². The van der Waals surface area contributed by atoms with Gasteiger partial charge in [0.15, 0.2) is 0 Å². The Hall–Kier alpha value is -2.36. The van der Waals surface area contributed by atoms with Crippen LogP contribution in [0.15, 0.2) is 0 Å². The number of hydrogen-bond acceptors (Lipinski definition) is 7. The Morgan fingerprint density at radius 3 is 2.25 bits per heavy atom.